The molecule has 1 aromatic rings. The molecule has 1 N–H and O–H groups in total. The van der Waals surface area contributed by atoms with Crippen LogP contribution in [0.25, 0.3) is 0 Å². The predicted octanol–water partition coefficient (Wildman–Crippen LogP) is 1.43. The minimum atomic E-state index is 0.601. The van der Waals surface area contributed by atoms with Crippen LogP contribution < -0.4 is 14.8 Å². The van der Waals surface area contributed by atoms with Gasteiger partial charge in [0.1, 0.15) is 11.5 Å². The summed E-state index contributed by atoms with van der Waals surface area (Å²) in [6.07, 6.45) is 1.14. The van der Waals surface area contributed by atoms with Crippen molar-refractivity contribution >= 4 is 5.96 Å². The zero-order chi connectivity index (χ0) is 19.1. The van der Waals surface area contributed by atoms with Crippen molar-refractivity contribution in [3.05, 3.63) is 23.8 Å². The van der Waals surface area contributed by atoms with Gasteiger partial charge in [-0.25, -0.2) is 0 Å². The van der Waals surface area contributed by atoms with Gasteiger partial charge in [0.25, 0.3) is 0 Å². The third-order valence-electron chi connectivity index (χ3n) is 5.34. The topological polar surface area (TPSA) is 58.6 Å². The van der Waals surface area contributed by atoms with E-state index < -0.39 is 0 Å². The van der Waals surface area contributed by atoms with Gasteiger partial charge >= 0.3 is 0 Å². The van der Waals surface area contributed by atoms with Crippen LogP contribution in [0.3, 0.4) is 0 Å². The first-order valence-electron chi connectivity index (χ1n) is 9.70. The lowest BCUT2D eigenvalue weighted by Crippen LogP contribution is -2.52. The Morgan fingerprint density at radius 2 is 2.04 bits per heavy atom. The lowest BCUT2D eigenvalue weighted by Gasteiger charge is -2.37. The first-order valence-corrected chi connectivity index (χ1v) is 9.70. The first kappa shape index (κ1) is 19.8. The van der Waals surface area contributed by atoms with E-state index in [1.807, 2.05) is 19.2 Å². The Labute approximate surface area is 162 Å². The summed E-state index contributed by atoms with van der Waals surface area (Å²) in [6, 6.07) is 5.98. The standard InChI is InChI=1S/C20H32N4O3/c1-21-20(22-13-16-6-11-27-15-16)24-9-7-23(8-10-24)14-17-12-18(25-2)4-5-19(17)26-3/h4-5,12,16H,6-11,13-15H2,1-3H3,(H,21,22). The largest absolute Gasteiger partial charge is 0.497 e. The molecule has 1 aromatic carbocycles. The summed E-state index contributed by atoms with van der Waals surface area (Å²) in [5, 5.41) is 3.52. The van der Waals surface area contributed by atoms with Crippen molar-refractivity contribution < 1.29 is 14.2 Å². The summed E-state index contributed by atoms with van der Waals surface area (Å²) in [5.41, 5.74) is 1.16. The number of rotatable bonds is 6. The van der Waals surface area contributed by atoms with Gasteiger partial charge in [0.2, 0.25) is 0 Å². The van der Waals surface area contributed by atoms with Gasteiger partial charge in [0, 0.05) is 64.4 Å². The molecule has 2 heterocycles. The number of hydrogen-bond donors (Lipinski definition) is 1. The molecule has 150 valence electrons. The predicted molar refractivity (Wildman–Crippen MR) is 107 cm³/mol. The number of ether oxygens (including phenoxy) is 3. The minimum Gasteiger partial charge on any atom is -0.497 e. The van der Waals surface area contributed by atoms with Crippen LogP contribution in [0.2, 0.25) is 0 Å². The van der Waals surface area contributed by atoms with E-state index in [2.05, 4.69) is 26.2 Å². The Kier molecular flexibility index (Phi) is 7.18. The highest BCUT2D eigenvalue weighted by Crippen LogP contribution is 2.25. The maximum Gasteiger partial charge on any atom is 0.193 e. The number of hydrogen-bond acceptors (Lipinski definition) is 5. The molecular formula is C20H32N4O3. The van der Waals surface area contributed by atoms with Gasteiger partial charge in [-0.1, -0.05) is 0 Å². The summed E-state index contributed by atoms with van der Waals surface area (Å²) in [5.74, 6) is 3.38. The van der Waals surface area contributed by atoms with Crippen molar-refractivity contribution in [1.82, 2.24) is 15.1 Å². The summed E-state index contributed by atoms with van der Waals surface area (Å²) in [6.45, 7) is 7.46. The summed E-state index contributed by atoms with van der Waals surface area (Å²) >= 11 is 0. The molecule has 0 amide bonds. The normalized spacial score (nSPS) is 21.4. The third kappa shape index (κ3) is 5.26. The molecule has 7 heteroatoms. The molecule has 0 saturated carbocycles. The Balaban J connectivity index is 1.50. The van der Waals surface area contributed by atoms with Crippen molar-refractivity contribution in [1.29, 1.82) is 0 Å². The van der Waals surface area contributed by atoms with E-state index in [-0.39, 0.29) is 0 Å². The van der Waals surface area contributed by atoms with Gasteiger partial charge in [-0.05, 0) is 24.6 Å². The highest BCUT2D eigenvalue weighted by Gasteiger charge is 2.22. The zero-order valence-corrected chi connectivity index (χ0v) is 16.7. The third-order valence-corrected chi connectivity index (χ3v) is 5.34. The maximum absolute atomic E-state index is 5.51. The molecule has 2 aliphatic heterocycles. The van der Waals surface area contributed by atoms with Gasteiger partial charge < -0.3 is 24.4 Å². The lowest BCUT2D eigenvalue weighted by molar-refractivity contribution is 0.169. The van der Waals surface area contributed by atoms with E-state index in [0.717, 1.165) is 81.9 Å². The zero-order valence-electron chi connectivity index (χ0n) is 16.7. The molecule has 27 heavy (non-hydrogen) atoms. The number of nitrogens with zero attached hydrogens (tertiary/aromatic N) is 3. The number of aliphatic imine (C=N–C) groups is 1. The van der Waals surface area contributed by atoms with Gasteiger partial charge in [0.05, 0.1) is 20.8 Å². The fourth-order valence-corrected chi connectivity index (χ4v) is 3.68. The average Bonchev–Trinajstić information content (AvgIpc) is 3.23. The van der Waals surface area contributed by atoms with Gasteiger partial charge in [-0.2, -0.15) is 0 Å². The van der Waals surface area contributed by atoms with Gasteiger partial charge in [-0.15, -0.1) is 0 Å². The molecule has 0 radical (unpaired) electrons. The van der Waals surface area contributed by atoms with Crippen molar-refractivity contribution in [2.75, 3.05) is 67.2 Å². The SMILES string of the molecule is CN=C(NCC1CCOC1)N1CCN(Cc2cc(OC)ccc2OC)CC1. The van der Waals surface area contributed by atoms with E-state index in [0.29, 0.717) is 5.92 Å². The fraction of sp³-hybridized carbons (Fsp3) is 0.650. The molecular weight excluding hydrogens is 344 g/mol. The fourth-order valence-electron chi connectivity index (χ4n) is 3.68. The van der Waals surface area contributed by atoms with Crippen molar-refractivity contribution in [2.24, 2.45) is 10.9 Å². The molecule has 0 aromatic heterocycles. The van der Waals surface area contributed by atoms with Crippen LogP contribution >= 0.6 is 0 Å². The Morgan fingerprint density at radius 3 is 2.67 bits per heavy atom. The van der Waals surface area contributed by atoms with Gasteiger partial charge in [0.15, 0.2) is 5.96 Å². The highest BCUT2D eigenvalue weighted by atomic mass is 16.5. The second-order valence-electron chi connectivity index (χ2n) is 7.10. The molecule has 2 aliphatic rings. The van der Waals surface area contributed by atoms with E-state index in [1.165, 1.54) is 0 Å². The monoisotopic (exact) mass is 376 g/mol. The summed E-state index contributed by atoms with van der Waals surface area (Å²) in [4.78, 5) is 9.26. The van der Waals surface area contributed by atoms with Crippen LogP contribution in [0.5, 0.6) is 11.5 Å². The number of benzene rings is 1. The molecule has 3 rings (SSSR count). The van der Waals surface area contributed by atoms with Gasteiger partial charge in [-0.3, -0.25) is 9.89 Å². The quantitative estimate of drug-likeness (QED) is 0.599. The Morgan fingerprint density at radius 1 is 1.22 bits per heavy atom. The van der Waals surface area contributed by atoms with Crippen LogP contribution in [-0.4, -0.2) is 83.0 Å². The van der Waals surface area contributed by atoms with Crippen LogP contribution in [0.1, 0.15) is 12.0 Å². The number of guanidine groups is 1. The van der Waals surface area contributed by atoms with Crippen LogP contribution in [0.4, 0.5) is 0 Å². The highest BCUT2D eigenvalue weighted by molar-refractivity contribution is 5.80. The molecule has 0 spiro atoms. The molecule has 0 aliphatic carbocycles. The number of methoxy groups -OCH3 is 2. The number of piperazine rings is 1. The number of nitrogens with one attached hydrogen (secondary N) is 1. The van der Waals surface area contributed by atoms with Crippen molar-refractivity contribution in [3.63, 3.8) is 0 Å². The van der Waals surface area contributed by atoms with Crippen LogP contribution in [0, 0.1) is 5.92 Å². The molecule has 2 fully saturated rings. The molecule has 1 atom stereocenters. The summed E-state index contributed by atoms with van der Waals surface area (Å²) in [7, 11) is 5.27. The molecule has 1 unspecified atom stereocenters. The maximum atomic E-state index is 5.51. The molecule has 2 saturated heterocycles. The van der Waals surface area contributed by atoms with Crippen LogP contribution in [-0.2, 0) is 11.3 Å². The minimum absolute atomic E-state index is 0.601. The van der Waals surface area contributed by atoms with Crippen molar-refractivity contribution in [3.8, 4) is 11.5 Å². The van der Waals surface area contributed by atoms with Crippen molar-refractivity contribution in [2.45, 2.75) is 13.0 Å². The Bertz CT molecular complexity index is 624. The van der Waals surface area contributed by atoms with E-state index in [4.69, 9.17) is 14.2 Å². The lowest BCUT2D eigenvalue weighted by atomic mass is 10.1. The molecule has 7 nitrogen and oxygen atoms in total. The smallest absolute Gasteiger partial charge is 0.193 e. The first-order chi connectivity index (χ1) is 13.2. The van der Waals surface area contributed by atoms with E-state index >= 15 is 0 Å². The van der Waals surface area contributed by atoms with E-state index in [9.17, 15) is 0 Å². The second-order valence-corrected chi connectivity index (χ2v) is 7.10. The second kappa shape index (κ2) is 9.80. The average molecular weight is 377 g/mol. The van der Waals surface area contributed by atoms with E-state index in [1.54, 1.807) is 14.2 Å². The van der Waals surface area contributed by atoms with Crippen LogP contribution in [0.15, 0.2) is 23.2 Å². The summed E-state index contributed by atoms with van der Waals surface area (Å²) < 4.78 is 16.3. The Hall–Kier alpha value is -1.99. The molecule has 0 bridgehead atoms.